The van der Waals surface area contributed by atoms with E-state index in [2.05, 4.69) is 15.6 Å². The number of methoxy groups -OCH3 is 1. The van der Waals surface area contributed by atoms with Gasteiger partial charge in [0.15, 0.2) is 5.52 Å². The minimum absolute atomic E-state index is 0.186. The van der Waals surface area contributed by atoms with Crippen LogP contribution in [0, 0.1) is 13.8 Å². The Hall–Kier alpha value is -3.16. The van der Waals surface area contributed by atoms with Gasteiger partial charge in [-0.2, -0.15) is 5.10 Å². The summed E-state index contributed by atoms with van der Waals surface area (Å²) < 4.78 is 11.3. The molecule has 8 nitrogen and oxygen atoms in total. The van der Waals surface area contributed by atoms with E-state index in [-0.39, 0.29) is 18.0 Å². The van der Waals surface area contributed by atoms with E-state index in [4.69, 9.17) is 9.26 Å². The number of aryl methyl sites for hydroxylation is 2. The maximum Gasteiger partial charge on any atom is 0.297 e. The average molecular weight is 342 g/mol. The summed E-state index contributed by atoms with van der Waals surface area (Å²) in [7, 11) is 1.58. The molecule has 1 aromatic carbocycles. The van der Waals surface area contributed by atoms with Crippen LogP contribution in [-0.2, 0) is 17.9 Å². The molecule has 0 bridgehead atoms. The van der Waals surface area contributed by atoms with Crippen molar-refractivity contribution in [3.05, 3.63) is 51.6 Å². The summed E-state index contributed by atoms with van der Waals surface area (Å²) >= 11 is 0. The molecule has 3 aromatic rings. The van der Waals surface area contributed by atoms with Crippen LogP contribution in [0.5, 0.6) is 5.75 Å². The van der Waals surface area contributed by atoms with Crippen LogP contribution in [0.15, 0.2) is 33.6 Å². The third kappa shape index (κ3) is 3.37. The Morgan fingerprint density at radius 3 is 2.92 bits per heavy atom. The fraction of sp³-hybridized carbons (Fsp3) is 0.294. The summed E-state index contributed by atoms with van der Waals surface area (Å²) in [4.78, 5) is 24.5. The van der Waals surface area contributed by atoms with E-state index in [0.717, 1.165) is 10.2 Å². The zero-order valence-electron chi connectivity index (χ0n) is 14.2. The van der Waals surface area contributed by atoms with Crippen molar-refractivity contribution >= 4 is 16.8 Å². The summed E-state index contributed by atoms with van der Waals surface area (Å²) in [5, 5.41) is 11.3. The highest BCUT2D eigenvalue weighted by atomic mass is 16.5. The van der Waals surface area contributed by atoms with Crippen molar-refractivity contribution in [3.8, 4) is 5.75 Å². The Bertz CT molecular complexity index is 990. The largest absolute Gasteiger partial charge is 0.497 e. The Kier molecular flexibility index (Phi) is 4.51. The second-order valence-electron chi connectivity index (χ2n) is 5.64. The van der Waals surface area contributed by atoms with Crippen LogP contribution in [0.4, 0.5) is 0 Å². The number of nitrogens with one attached hydrogen (secondary N) is 1. The Morgan fingerprint density at radius 2 is 2.16 bits per heavy atom. The molecule has 0 saturated heterocycles. The highest BCUT2D eigenvalue weighted by Gasteiger charge is 2.16. The maximum absolute atomic E-state index is 12.4. The monoisotopic (exact) mass is 342 g/mol. The van der Waals surface area contributed by atoms with Gasteiger partial charge in [0.05, 0.1) is 18.2 Å². The lowest BCUT2D eigenvalue weighted by atomic mass is 10.2. The predicted molar refractivity (Wildman–Crippen MR) is 90.4 cm³/mol. The number of nitrogens with zero attached hydrogens (tertiary/aromatic N) is 3. The molecule has 2 aromatic heterocycles. The molecule has 0 aliphatic rings. The van der Waals surface area contributed by atoms with Crippen LogP contribution in [0.2, 0.25) is 0 Å². The van der Waals surface area contributed by atoms with Gasteiger partial charge in [-0.05, 0) is 31.5 Å². The molecule has 130 valence electrons. The Balaban J connectivity index is 1.74. The second kappa shape index (κ2) is 6.76. The maximum atomic E-state index is 12.4. The summed E-state index contributed by atoms with van der Waals surface area (Å²) in [5.41, 5.74) is 1.22. The number of aromatic nitrogens is 3. The van der Waals surface area contributed by atoms with Crippen molar-refractivity contribution in [1.82, 2.24) is 20.3 Å². The minimum atomic E-state index is -0.450. The van der Waals surface area contributed by atoms with Crippen molar-refractivity contribution in [1.29, 1.82) is 0 Å². The first kappa shape index (κ1) is 16.7. The van der Waals surface area contributed by atoms with Crippen molar-refractivity contribution < 1.29 is 14.1 Å². The van der Waals surface area contributed by atoms with Gasteiger partial charge < -0.3 is 14.6 Å². The van der Waals surface area contributed by atoms with Crippen LogP contribution < -0.4 is 15.6 Å². The topological polar surface area (TPSA) is 99.2 Å². The van der Waals surface area contributed by atoms with Gasteiger partial charge >= 0.3 is 0 Å². The van der Waals surface area contributed by atoms with Gasteiger partial charge in [0.25, 0.3) is 5.56 Å². The van der Waals surface area contributed by atoms with E-state index in [0.29, 0.717) is 29.1 Å². The molecule has 1 amide bonds. The summed E-state index contributed by atoms with van der Waals surface area (Å²) in [6.07, 6.45) is 0. The summed E-state index contributed by atoms with van der Waals surface area (Å²) in [6, 6.07) is 7.38. The molecule has 2 heterocycles. The van der Waals surface area contributed by atoms with Crippen molar-refractivity contribution in [2.75, 3.05) is 7.11 Å². The van der Waals surface area contributed by atoms with Crippen molar-refractivity contribution in [3.63, 3.8) is 0 Å². The second-order valence-corrected chi connectivity index (χ2v) is 5.64. The van der Waals surface area contributed by atoms with Gasteiger partial charge in [-0.25, -0.2) is 4.68 Å². The van der Waals surface area contributed by atoms with E-state index in [1.54, 1.807) is 21.0 Å². The molecule has 8 heteroatoms. The lowest BCUT2D eigenvalue weighted by Crippen LogP contribution is -2.33. The highest BCUT2D eigenvalue weighted by molar-refractivity contribution is 5.82. The highest BCUT2D eigenvalue weighted by Crippen LogP contribution is 2.16. The number of benzene rings is 1. The molecule has 25 heavy (non-hydrogen) atoms. The summed E-state index contributed by atoms with van der Waals surface area (Å²) in [6.45, 7) is 3.60. The third-order valence-corrected chi connectivity index (χ3v) is 3.85. The minimum Gasteiger partial charge on any atom is -0.497 e. The van der Waals surface area contributed by atoms with E-state index >= 15 is 0 Å². The van der Waals surface area contributed by atoms with Crippen molar-refractivity contribution in [2.24, 2.45) is 0 Å². The quantitative estimate of drug-likeness (QED) is 0.751. The molecule has 0 unspecified atom stereocenters. The SMILES string of the molecule is COc1cccc(CNC(=O)Cn2nc(C)c3c(C)onc3c2=O)c1. The Labute approximate surface area is 143 Å². The van der Waals surface area contributed by atoms with Gasteiger partial charge in [-0.3, -0.25) is 9.59 Å². The molecule has 0 spiro atoms. The van der Waals surface area contributed by atoms with Gasteiger partial charge in [-0.1, -0.05) is 17.3 Å². The first-order chi connectivity index (χ1) is 12.0. The number of fused-ring (bicyclic) bond motifs is 1. The number of ether oxygens (including phenoxy) is 1. The lowest BCUT2D eigenvalue weighted by molar-refractivity contribution is -0.122. The fourth-order valence-corrected chi connectivity index (χ4v) is 2.63. The zero-order valence-corrected chi connectivity index (χ0v) is 14.2. The number of carbonyl (C=O) groups excluding carboxylic acids is 1. The fourth-order valence-electron chi connectivity index (χ4n) is 2.63. The van der Waals surface area contributed by atoms with E-state index in [9.17, 15) is 9.59 Å². The molecule has 3 rings (SSSR count). The molecular weight excluding hydrogens is 324 g/mol. The molecule has 0 radical (unpaired) electrons. The first-order valence-electron chi connectivity index (χ1n) is 7.73. The van der Waals surface area contributed by atoms with E-state index in [1.165, 1.54) is 0 Å². The number of hydrogen-bond donors (Lipinski definition) is 1. The third-order valence-electron chi connectivity index (χ3n) is 3.85. The lowest BCUT2D eigenvalue weighted by Gasteiger charge is -2.08. The molecule has 0 aliphatic carbocycles. The number of rotatable bonds is 5. The van der Waals surface area contributed by atoms with Crippen LogP contribution >= 0.6 is 0 Å². The van der Waals surface area contributed by atoms with Crippen LogP contribution in [0.1, 0.15) is 17.0 Å². The van der Waals surface area contributed by atoms with Crippen LogP contribution in [-0.4, -0.2) is 28.0 Å². The first-order valence-corrected chi connectivity index (χ1v) is 7.73. The van der Waals surface area contributed by atoms with Crippen molar-refractivity contribution in [2.45, 2.75) is 26.9 Å². The molecule has 1 N–H and O–H groups in total. The average Bonchev–Trinajstić information content (AvgIpc) is 3.00. The molecule has 0 atom stereocenters. The standard InChI is InChI=1S/C17H18N4O4/c1-10-15-11(2)25-20-16(15)17(23)21(19-10)9-14(22)18-8-12-5-4-6-13(7-12)24-3/h4-7H,8-9H2,1-3H3,(H,18,22). The predicted octanol–water partition coefficient (Wildman–Crippen LogP) is 1.33. The number of amides is 1. The molecule has 0 aliphatic heterocycles. The smallest absolute Gasteiger partial charge is 0.297 e. The molecule has 0 fully saturated rings. The van der Waals surface area contributed by atoms with E-state index < -0.39 is 5.56 Å². The van der Waals surface area contributed by atoms with Gasteiger partial charge in [0, 0.05) is 6.54 Å². The zero-order chi connectivity index (χ0) is 18.0. The summed E-state index contributed by atoms with van der Waals surface area (Å²) in [5.74, 6) is 0.926. The van der Waals surface area contributed by atoms with Crippen LogP contribution in [0.25, 0.3) is 10.9 Å². The molecular formula is C17H18N4O4. The van der Waals surface area contributed by atoms with Gasteiger partial charge in [-0.15, -0.1) is 0 Å². The van der Waals surface area contributed by atoms with Crippen LogP contribution in [0.3, 0.4) is 0 Å². The number of hydrogen-bond acceptors (Lipinski definition) is 6. The van der Waals surface area contributed by atoms with Gasteiger partial charge in [0.1, 0.15) is 18.1 Å². The Morgan fingerprint density at radius 1 is 1.36 bits per heavy atom. The normalized spacial score (nSPS) is 10.8. The molecule has 0 saturated carbocycles. The number of carbonyl (C=O) groups is 1. The van der Waals surface area contributed by atoms with Gasteiger partial charge in [0.2, 0.25) is 5.91 Å². The van der Waals surface area contributed by atoms with E-state index in [1.807, 2.05) is 24.3 Å².